The molecule has 0 aromatic rings. The maximum atomic E-state index is 12.3. The molecule has 0 radical (unpaired) electrons. The third kappa shape index (κ3) is 7.21. The highest BCUT2D eigenvalue weighted by Gasteiger charge is 2.52. The lowest BCUT2D eigenvalue weighted by Gasteiger charge is -2.44. The van der Waals surface area contributed by atoms with Crippen LogP contribution in [0.5, 0.6) is 0 Å². The fraction of sp³-hybridized carbons (Fsp3) is 0.600. The second kappa shape index (κ2) is 12.2. The first kappa shape index (κ1) is 27.7. The average molecular weight is 519 g/mol. The zero-order chi connectivity index (χ0) is 25.6. The summed E-state index contributed by atoms with van der Waals surface area (Å²) in [7, 11) is 0. The van der Waals surface area contributed by atoms with Gasteiger partial charge in [-0.1, -0.05) is 11.8 Å². The Kier molecular flexibility index (Phi) is 9.94. The molecule has 1 amide bonds. The number of carbonyl (C=O) groups excluding carboxylic acids is 5. The second-order valence-corrected chi connectivity index (χ2v) is 9.37. The van der Waals surface area contributed by atoms with Crippen LogP contribution in [0.2, 0.25) is 0 Å². The summed E-state index contributed by atoms with van der Waals surface area (Å²) in [4.78, 5) is 59.3. The summed E-state index contributed by atoms with van der Waals surface area (Å²) in [5.74, 6) is -3.17. The number of hydrazone groups is 1. The molecule has 0 aliphatic carbocycles. The van der Waals surface area contributed by atoms with Crippen LogP contribution in [0.25, 0.3) is 0 Å². The number of hydrogen-bond donors (Lipinski definition) is 1. The minimum Gasteiger partial charge on any atom is -0.463 e. The van der Waals surface area contributed by atoms with Crippen LogP contribution >= 0.6 is 23.5 Å². The van der Waals surface area contributed by atoms with E-state index in [1.807, 2.05) is 0 Å². The lowest BCUT2D eigenvalue weighted by Crippen LogP contribution is -2.61. The number of nitrogens with zero attached hydrogens (tertiary/aromatic N) is 1. The van der Waals surface area contributed by atoms with Crippen molar-refractivity contribution in [1.29, 1.82) is 0 Å². The van der Waals surface area contributed by atoms with Gasteiger partial charge in [-0.25, -0.2) is 5.43 Å². The number of carbonyl (C=O) groups is 5. The van der Waals surface area contributed by atoms with Gasteiger partial charge in [0.25, 0.3) is 5.91 Å². The number of esters is 4. The molecule has 34 heavy (non-hydrogen) atoms. The van der Waals surface area contributed by atoms with Crippen molar-refractivity contribution in [2.45, 2.75) is 64.5 Å². The number of amides is 1. The molecular formula is C20H26N2O10S2. The van der Waals surface area contributed by atoms with Gasteiger partial charge in [-0.15, -0.1) is 11.8 Å². The highest BCUT2D eigenvalue weighted by atomic mass is 32.2. The van der Waals surface area contributed by atoms with E-state index in [1.54, 1.807) is 13.2 Å². The largest absolute Gasteiger partial charge is 0.463 e. The summed E-state index contributed by atoms with van der Waals surface area (Å²) < 4.78 is 27.8. The quantitative estimate of drug-likeness (QED) is 0.275. The SMILES string of the molecule is CS/C(S[C@@H]1O[C@H](COC(C)=O)[C@@H](OC(C)=O)[C@H](OC(C)=O)[C@H]1OC(C)=O)=C1\C(=O)NN=C1C. The normalized spacial score (nSPS) is 27.8. The summed E-state index contributed by atoms with van der Waals surface area (Å²) in [6.07, 6.45) is -3.09. The molecule has 1 fully saturated rings. The molecule has 1 N–H and O–H groups in total. The highest BCUT2D eigenvalue weighted by Crippen LogP contribution is 2.42. The van der Waals surface area contributed by atoms with Crippen molar-refractivity contribution in [3.05, 3.63) is 9.81 Å². The zero-order valence-corrected chi connectivity index (χ0v) is 21.1. The molecule has 0 spiro atoms. The maximum absolute atomic E-state index is 12.3. The summed E-state index contributed by atoms with van der Waals surface area (Å²) in [5, 5.41) is 3.91. The summed E-state index contributed by atoms with van der Waals surface area (Å²) in [6.45, 7) is 5.96. The third-order valence-electron chi connectivity index (χ3n) is 4.47. The Morgan fingerprint density at radius 1 is 0.941 bits per heavy atom. The molecule has 1 saturated heterocycles. The van der Waals surface area contributed by atoms with Gasteiger partial charge < -0.3 is 23.7 Å². The lowest BCUT2D eigenvalue weighted by atomic mass is 9.99. The summed E-state index contributed by atoms with van der Waals surface area (Å²) in [5.41, 5.74) is 2.11. The maximum Gasteiger partial charge on any atom is 0.303 e. The van der Waals surface area contributed by atoms with E-state index in [0.29, 0.717) is 15.5 Å². The molecule has 2 aliphatic heterocycles. The predicted octanol–water partition coefficient (Wildman–Crippen LogP) is 0.883. The Bertz CT molecular complexity index is 919. The molecule has 2 heterocycles. The van der Waals surface area contributed by atoms with Gasteiger partial charge in [0, 0.05) is 27.7 Å². The molecule has 0 saturated carbocycles. The molecule has 0 bridgehead atoms. The van der Waals surface area contributed by atoms with Crippen molar-refractivity contribution in [3.63, 3.8) is 0 Å². The topological polar surface area (TPSA) is 156 Å². The van der Waals surface area contributed by atoms with Crippen LogP contribution in [0.3, 0.4) is 0 Å². The molecule has 2 rings (SSSR count). The molecule has 0 aromatic carbocycles. The van der Waals surface area contributed by atoms with Crippen LogP contribution in [0.1, 0.15) is 34.6 Å². The van der Waals surface area contributed by atoms with Crippen molar-refractivity contribution >= 4 is 59.0 Å². The van der Waals surface area contributed by atoms with E-state index in [-0.39, 0.29) is 6.61 Å². The minimum absolute atomic E-state index is 0.311. The first-order valence-electron chi connectivity index (χ1n) is 10.0. The van der Waals surface area contributed by atoms with Gasteiger partial charge in [-0.2, -0.15) is 5.10 Å². The fourth-order valence-electron chi connectivity index (χ4n) is 3.25. The minimum atomic E-state index is -1.28. The Morgan fingerprint density at radius 3 is 1.97 bits per heavy atom. The number of thioether (sulfide) groups is 2. The fourth-order valence-corrected chi connectivity index (χ4v) is 5.48. The summed E-state index contributed by atoms with van der Waals surface area (Å²) in [6, 6.07) is 0. The zero-order valence-electron chi connectivity index (χ0n) is 19.4. The van der Waals surface area contributed by atoms with Crippen molar-refractivity contribution in [2.24, 2.45) is 5.10 Å². The smallest absolute Gasteiger partial charge is 0.303 e. The number of nitrogens with one attached hydrogen (secondary N) is 1. The van der Waals surface area contributed by atoms with E-state index in [1.165, 1.54) is 18.7 Å². The van der Waals surface area contributed by atoms with Gasteiger partial charge in [0.2, 0.25) is 0 Å². The molecule has 188 valence electrons. The van der Waals surface area contributed by atoms with Crippen molar-refractivity contribution in [3.8, 4) is 0 Å². The van der Waals surface area contributed by atoms with Crippen LogP contribution < -0.4 is 5.43 Å². The molecule has 5 atom stereocenters. The Balaban J connectivity index is 2.53. The van der Waals surface area contributed by atoms with Crippen molar-refractivity contribution in [1.82, 2.24) is 5.43 Å². The monoisotopic (exact) mass is 518 g/mol. The van der Waals surface area contributed by atoms with Gasteiger partial charge >= 0.3 is 23.9 Å². The van der Waals surface area contributed by atoms with Gasteiger partial charge in [-0.05, 0) is 13.2 Å². The van der Waals surface area contributed by atoms with Crippen molar-refractivity contribution in [2.75, 3.05) is 12.9 Å². The van der Waals surface area contributed by atoms with Crippen LogP contribution in [0.4, 0.5) is 0 Å². The van der Waals surface area contributed by atoms with Gasteiger partial charge in [0.1, 0.15) is 18.1 Å². The summed E-state index contributed by atoms with van der Waals surface area (Å²) >= 11 is 2.28. The van der Waals surface area contributed by atoms with Crippen molar-refractivity contribution < 1.29 is 47.7 Å². The highest BCUT2D eigenvalue weighted by molar-refractivity contribution is 8.22. The number of rotatable bonds is 8. The van der Waals surface area contributed by atoms with E-state index in [4.69, 9.17) is 23.7 Å². The Hall–Kier alpha value is -2.58. The Morgan fingerprint density at radius 2 is 1.50 bits per heavy atom. The van der Waals surface area contributed by atoms with E-state index in [0.717, 1.165) is 32.5 Å². The molecule has 12 nitrogen and oxygen atoms in total. The first-order valence-corrected chi connectivity index (χ1v) is 12.1. The van der Waals surface area contributed by atoms with E-state index < -0.39 is 59.6 Å². The predicted molar refractivity (Wildman–Crippen MR) is 121 cm³/mol. The van der Waals surface area contributed by atoms with Crippen LogP contribution in [-0.2, 0) is 47.7 Å². The van der Waals surface area contributed by atoms with Gasteiger partial charge in [0.05, 0.1) is 15.5 Å². The lowest BCUT2D eigenvalue weighted by molar-refractivity contribution is -0.237. The number of ether oxygens (including phenoxy) is 5. The van der Waals surface area contributed by atoms with E-state index >= 15 is 0 Å². The van der Waals surface area contributed by atoms with E-state index in [2.05, 4.69) is 10.5 Å². The third-order valence-corrected chi connectivity index (χ3v) is 6.87. The van der Waals surface area contributed by atoms with Crippen LogP contribution in [0.15, 0.2) is 14.9 Å². The Labute approximate surface area is 204 Å². The van der Waals surface area contributed by atoms with Gasteiger partial charge in [0.15, 0.2) is 18.3 Å². The average Bonchev–Trinajstić information content (AvgIpc) is 3.06. The molecule has 0 unspecified atom stereocenters. The molecule has 0 aromatic heterocycles. The first-order chi connectivity index (χ1) is 15.9. The number of hydrogen-bond acceptors (Lipinski definition) is 13. The standard InChI is InChI=1S/C20H26N2O10S2/c1-8-14(18(27)22-21-8)20(33-6)34-19-17(31-12(5)26)16(30-11(4)25)15(29-10(3)24)13(32-19)7-28-9(2)23/h13,15-17,19H,7H2,1-6H3,(H,22,27)/b20-14+/t13-,15-,16+,17-,19+/m1/s1. The molecule has 14 heteroatoms. The molecular weight excluding hydrogens is 492 g/mol. The van der Waals surface area contributed by atoms with E-state index in [9.17, 15) is 24.0 Å². The second-order valence-electron chi connectivity index (χ2n) is 7.19. The van der Waals surface area contributed by atoms with Crippen LogP contribution in [-0.4, -0.2) is 78.2 Å². The van der Waals surface area contributed by atoms with Crippen LogP contribution in [0, 0.1) is 0 Å². The molecule has 2 aliphatic rings. The van der Waals surface area contributed by atoms with Gasteiger partial charge in [-0.3, -0.25) is 24.0 Å².